The molecule has 54 valence electrons. The first kappa shape index (κ1) is 7.34. The predicted molar refractivity (Wildman–Crippen MR) is 43.8 cm³/mol. The van der Waals surface area contributed by atoms with E-state index >= 15 is 0 Å². The Balaban J connectivity index is 3.49. The van der Waals surface area contributed by atoms with Gasteiger partial charge in [0, 0.05) is 13.1 Å². The van der Waals surface area contributed by atoms with Crippen molar-refractivity contribution in [3.8, 4) is 0 Å². The van der Waals surface area contributed by atoms with E-state index in [9.17, 15) is 4.79 Å². The van der Waals surface area contributed by atoms with Crippen LogP contribution in [0.15, 0.2) is 21.5 Å². The van der Waals surface area contributed by atoms with Crippen molar-refractivity contribution in [3.63, 3.8) is 0 Å². The normalized spacial score (nSPS) is 9.80. The minimum atomic E-state index is -0.0684. The molecule has 2 N–H and O–H groups in total. The molecule has 1 heterocycles. The van der Waals surface area contributed by atoms with Gasteiger partial charge in [0.2, 0.25) is 0 Å². The highest BCUT2D eigenvalue weighted by molar-refractivity contribution is 9.10. The maximum Gasteiger partial charge on any atom is 0.251 e. The van der Waals surface area contributed by atoms with Crippen LogP contribution in [0.2, 0.25) is 0 Å². The zero-order valence-corrected chi connectivity index (χ0v) is 7.05. The summed E-state index contributed by atoms with van der Waals surface area (Å²) in [7, 11) is 1.66. The molecule has 0 amide bonds. The Morgan fingerprint density at radius 1 is 1.60 bits per heavy atom. The zero-order valence-electron chi connectivity index (χ0n) is 5.47. The molecule has 0 spiro atoms. The molecule has 0 aliphatic carbocycles. The molecule has 0 aliphatic rings. The number of nitrogen functional groups attached to an aromatic ring is 1. The predicted octanol–water partition coefficient (Wildman–Crippen LogP) is 0.730. The molecule has 0 radical (unpaired) electrons. The lowest BCUT2D eigenvalue weighted by atomic mass is 10.4. The van der Waals surface area contributed by atoms with Crippen molar-refractivity contribution in [2.75, 3.05) is 5.73 Å². The first-order valence-electron chi connectivity index (χ1n) is 2.74. The van der Waals surface area contributed by atoms with Crippen molar-refractivity contribution >= 4 is 21.6 Å². The monoisotopic (exact) mass is 202 g/mol. The van der Waals surface area contributed by atoms with E-state index in [-0.39, 0.29) is 5.56 Å². The van der Waals surface area contributed by atoms with Crippen LogP contribution in [0.3, 0.4) is 0 Å². The molecule has 0 bridgehead atoms. The highest BCUT2D eigenvalue weighted by Gasteiger charge is 1.98. The van der Waals surface area contributed by atoms with Gasteiger partial charge in [0.25, 0.3) is 5.56 Å². The third-order valence-electron chi connectivity index (χ3n) is 1.27. The topological polar surface area (TPSA) is 48.0 Å². The van der Waals surface area contributed by atoms with E-state index in [0.29, 0.717) is 10.3 Å². The van der Waals surface area contributed by atoms with Crippen molar-refractivity contribution < 1.29 is 0 Å². The molecular formula is C6H7BrN2O. The van der Waals surface area contributed by atoms with Crippen molar-refractivity contribution in [1.82, 2.24) is 4.57 Å². The number of nitrogens with zero attached hydrogens (tertiary/aromatic N) is 1. The molecule has 10 heavy (non-hydrogen) atoms. The van der Waals surface area contributed by atoms with Crippen LogP contribution in [0.5, 0.6) is 0 Å². The maximum atomic E-state index is 10.9. The van der Waals surface area contributed by atoms with Crippen molar-refractivity contribution in [2.45, 2.75) is 0 Å². The molecule has 1 rings (SSSR count). The molecule has 0 saturated heterocycles. The van der Waals surface area contributed by atoms with E-state index < -0.39 is 0 Å². The molecular weight excluding hydrogens is 196 g/mol. The summed E-state index contributed by atoms with van der Waals surface area (Å²) in [5.41, 5.74) is 5.99. The second-order valence-corrected chi connectivity index (χ2v) is 2.73. The number of nitrogens with two attached hydrogens (primary N) is 1. The van der Waals surface area contributed by atoms with Crippen LogP contribution < -0.4 is 11.3 Å². The summed E-state index contributed by atoms with van der Waals surface area (Å²) in [4.78, 5) is 10.9. The summed E-state index contributed by atoms with van der Waals surface area (Å²) >= 11 is 3.17. The molecule has 0 aliphatic heterocycles. The largest absolute Gasteiger partial charge is 0.397 e. The minimum absolute atomic E-state index is 0.0684. The molecule has 0 atom stereocenters. The van der Waals surface area contributed by atoms with Crippen LogP contribution in [0, 0.1) is 0 Å². The van der Waals surface area contributed by atoms with Crippen molar-refractivity contribution in [1.29, 1.82) is 0 Å². The Morgan fingerprint density at radius 2 is 2.20 bits per heavy atom. The van der Waals surface area contributed by atoms with E-state index in [1.807, 2.05) is 0 Å². The summed E-state index contributed by atoms with van der Waals surface area (Å²) in [6, 6.07) is 3.01. The number of aromatic nitrogens is 1. The van der Waals surface area contributed by atoms with Gasteiger partial charge in [0.15, 0.2) is 0 Å². The van der Waals surface area contributed by atoms with Crippen LogP contribution in [0.25, 0.3) is 0 Å². The molecule has 4 heteroatoms. The fourth-order valence-corrected chi connectivity index (χ4v) is 0.939. The van der Waals surface area contributed by atoms with Gasteiger partial charge in [-0.1, -0.05) is 0 Å². The molecule has 0 fully saturated rings. The number of anilines is 1. The summed E-state index contributed by atoms with van der Waals surface area (Å²) < 4.78 is 2.06. The second kappa shape index (κ2) is 2.46. The number of halogens is 1. The van der Waals surface area contributed by atoms with E-state index in [1.165, 1.54) is 10.6 Å². The summed E-state index contributed by atoms with van der Waals surface area (Å²) in [5.74, 6) is 0. The third kappa shape index (κ3) is 1.07. The first-order valence-corrected chi connectivity index (χ1v) is 3.53. The van der Waals surface area contributed by atoms with Crippen LogP contribution >= 0.6 is 15.9 Å². The van der Waals surface area contributed by atoms with E-state index in [0.717, 1.165) is 0 Å². The molecule has 3 nitrogen and oxygen atoms in total. The van der Waals surface area contributed by atoms with Gasteiger partial charge in [-0.25, -0.2) is 0 Å². The average Bonchev–Trinajstić information content (AvgIpc) is 1.93. The smallest absolute Gasteiger partial charge is 0.251 e. The minimum Gasteiger partial charge on any atom is -0.397 e. The van der Waals surface area contributed by atoms with Crippen molar-refractivity contribution in [3.05, 3.63) is 27.1 Å². The molecule has 0 unspecified atom stereocenters. The molecule has 1 aromatic rings. The molecule has 0 aromatic carbocycles. The lowest BCUT2D eigenvalue weighted by molar-refractivity contribution is 0.838. The maximum absolute atomic E-state index is 10.9. The van der Waals surface area contributed by atoms with E-state index in [4.69, 9.17) is 5.73 Å². The number of hydrogen-bond donors (Lipinski definition) is 1. The molecule has 1 aromatic heterocycles. The Kier molecular flexibility index (Phi) is 1.80. The Hall–Kier alpha value is -0.770. The van der Waals surface area contributed by atoms with Crippen LogP contribution in [0.4, 0.5) is 5.69 Å². The number of pyridine rings is 1. The van der Waals surface area contributed by atoms with E-state index in [2.05, 4.69) is 15.9 Å². The third-order valence-corrected chi connectivity index (χ3v) is 2.26. The quantitative estimate of drug-likeness (QED) is 0.632. The number of rotatable bonds is 0. The Labute approximate surface area is 66.6 Å². The summed E-state index contributed by atoms with van der Waals surface area (Å²) in [5, 5.41) is 0. The fourth-order valence-electron chi connectivity index (χ4n) is 0.632. The Bertz CT molecular complexity index is 305. The van der Waals surface area contributed by atoms with Gasteiger partial charge >= 0.3 is 0 Å². The highest BCUT2D eigenvalue weighted by atomic mass is 79.9. The SMILES string of the molecule is Cn1c(Br)c(N)ccc1=O. The molecule has 0 saturated carbocycles. The van der Waals surface area contributed by atoms with Gasteiger partial charge in [-0.15, -0.1) is 0 Å². The summed E-state index contributed by atoms with van der Waals surface area (Å²) in [6.45, 7) is 0. The van der Waals surface area contributed by atoms with Crippen molar-refractivity contribution in [2.24, 2.45) is 7.05 Å². The number of hydrogen-bond acceptors (Lipinski definition) is 2. The average molecular weight is 203 g/mol. The van der Waals surface area contributed by atoms with Crippen LogP contribution in [0.1, 0.15) is 0 Å². The Morgan fingerprint density at radius 3 is 2.70 bits per heavy atom. The van der Waals surface area contributed by atoms with Crippen LogP contribution in [-0.2, 0) is 7.05 Å². The highest BCUT2D eigenvalue weighted by Crippen LogP contribution is 2.14. The van der Waals surface area contributed by atoms with Gasteiger partial charge in [0.05, 0.1) is 5.69 Å². The fraction of sp³-hybridized carbons (Fsp3) is 0.167. The zero-order chi connectivity index (χ0) is 7.72. The van der Waals surface area contributed by atoms with Crippen LogP contribution in [-0.4, -0.2) is 4.57 Å². The lowest BCUT2D eigenvalue weighted by Crippen LogP contribution is -2.16. The summed E-state index contributed by atoms with van der Waals surface area (Å²) in [6.07, 6.45) is 0. The lowest BCUT2D eigenvalue weighted by Gasteiger charge is -2.01. The first-order chi connectivity index (χ1) is 4.63. The standard InChI is InChI=1S/C6H7BrN2O/c1-9-5(10)3-2-4(8)6(9)7/h2-3H,8H2,1H3. The van der Waals surface area contributed by atoms with E-state index in [1.54, 1.807) is 13.1 Å². The van der Waals surface area contributed by atoms with Gasteiger partial charge in [-0.05, 0) is 22.0 Å². The van der Waals surface area contributed by atoms with Gasteiger partial charge in [-0.2, -0.15) is 0 Å². The van der Waals surface area contributed by atoms with Gasteiger partial charge < -0.3 is 10.3 Å². The second-order valence-electron chi connectivity index (χ2n) is 1.98. The van der Waals surface area contributed by atoms with Gasteiger partial charge in [-0.3, -0.25) is 4.79 Å². The van der Waals surface area contributed by atoms with Gasteiger partial charge in [0.1, 0.15) is 4.60 Å².